The summed E-state index contributed by atoms with van der Waals surface area (Å²) in [5, 5.41) is 9.79. The van der Waals surface area contributed by atoms with E-state index in [1.165, 1.54) is 23.8 Å². The molecule has 1 aliphatic heterocycles. The normalized spacial score (nSPS) is 17.0. The number of urea groups is 1. The van der Waals surface area contributed by atoms with Crippen LogP contribution >= 0.6 is 0 Å². The highest BCUT2D eigenvalue weighted by Crippen LogP contribution is 2.37. The van der Waals surface area contributed by atoms with E-state index in [-0.39, 0.29) is 37.2 Å². The topological polar surface area (TPSA) is 79.3 Å². The molecule has 3 aromatic rings. The molecule has 2 atom stereocenters. The number of rotatable bonds is 11. The summed E-state index contributed by atoms with van der Waals surface area (Å²) in [6, 6.07) is 15.7. The molecule has 0 aliphatic carbocycles. The van der Waals surface area contributed by atoms with E-state index >= 15 is 0 Å². The third-order valence-corrected chi connectivity index (χ3v) is 7.30. The maximum atomic E-state index is 13.2. The lowest BCUT2D eigenvalue weighted by molar-refractivity contribution is -0.153. The van der Waals surface area contributed by atoms with E-state index in [2.05, 4.69) is 0 Å². The molecule has 44 heavy (non-hydrogen) atoms. The molecule has 1 aliphatic rings. The summed E-state index contributed by atoms with van der Waals surface area (Å²) in [6.45, 7) is 1.32. The average Bonchev–Trinajstić information content (AvgIpc) is 3.21. The number of aliphatic carboxylic acids is 1. The van der Waals surface area contributed by atoms with Crippen LogP contribution in [-0.2, 0) is 30.1 Å². The zero-order valence-corrected chi connectivity index (χ0v) is 23.8. The molecule has 0 saturated carbocycles. The number of alkyl halides is 6. The van der Waals surface area contributed by atoms with Crippen molar-refractivity contribution in [3.05, 3.63) is 95.1 Å². The van der Waals surface area contributed by atoms with Gasteiger partial charge in [-0.15, -0.1) is 0 Å². The number of amides is 2. The minimum Gasteiger partial charge on any atom is -0.494 e. The van der Waals surface area contributed by atoms with Crippen molar-refractivity contribution in [2.24, 2.45) is 0 Å². The van der Waals surface area contributed by atoms with E-state index in [0.29, 0.717) is 35.6 Å². The van der Waals surface area contributed by atoms with Gasteiger partial charge in [0.1, 0.15) is 11.5 Å². The summed E-state index contributed by atoms with van der Waals surface area (Å²) >= 11 is 0. The van der Waals surface area contributed by atoms with Gasteiger partial charge in [-0.3, -0.25) is 0 Å². The second kappa shape index (κ2) is 12.7. The van der Waals surface area contributed by atoms with Crippen LogP contribution in [0, 0.1) is 0 Å². The van der Waals surface area contributed by atoms with Gasteiger partial charge < -0.3 is 24.4 Å². The zero-order valence-electron chi connectivity index (χ0n) is 23.8. The van der Waals surface area contributed by atoms with Crippen molar-refractivity contribution in [2.45, 2.75) is 50.3 Å². The number of nitrogens with zero attached hydrogens (tertiary/aromatic N) is 2. The first-order valence-corrected chi connectivity index (χ1v) is 13.5. The van der Waals surface area contributed by atoms with E-state index in [1.807, 2.05) is 0 Å². The Labute approximate surface area is 249 Å². The maximum Gasteiger partial charge on any atom is 0.416 e. The van der Waals surface area contributed by atoms with Gasteiger partial charge in [-0.05, 0) is 60.5 Å². The molecule has 0 bridgehead atoms. The largest absolute Gasteiger partial charge is 0.494 e. The third kappa shape index (κ3) is 7.94. The summed E-state index contributed by atoms with van der Waals surface area (Å²) in [4.78, 5) is 27.3. The van der Waals surface area contributed by atoms with Crippen molar-refractivity contribution >= 4 is 12.0 Å². The van der Waals surface area contributed by atoms with Crippen molar-refractivity contribution < 1.29 is 50.5 Å². The van der Waals surface area contributed by atoms with Gasteiger partial charge in [-0.25, -0.2) is 9.59 Å². The van der Waals surface area contributed by atoms with Crippen LogP contribution in [0.2, 0.25) is 0 Å². The lowest BCUT2D eigenvalue weighted by Gasteiger charge is -2.26. The molecule has 1 fully saturated rings. The Balaban J connectivity index is 1.34. The number of carbonyl (C=O) groups excluding carboxylic acids is 1. The Morgan fingerprint density at radius 3 is 2.02 bits per heavy atom. The molecule has 0 radical (unpaired) electrons. The fourth-order valence-electron chi connectivity index (χ4n) is 4.89. The minimum absolute atomic E-state index is 0.0530. The van der Waals surface area contributed by atoms with Crippen LogP contribution in [0.3, 0.4) is 0 Å². The molecular formula is C31H30F6N2O5. The maximum absolute atomic E-state index is 13.2. The quantitative estimate of drug-likeness (QED) is 0.235. The van der Waals surface area contributed by atoms with E-state index < -0.39 is 47.6 Å². The Kier molecular flexibility index (Phi) is 9.36. The number of ether oxygens (including phenoxy) is 2. The first-order chi connectivity index (χ1) is 20.5. The number of likely N-dealkylation sites (N-methyl/N-ethyl adjacent to an activating group) is 1. The van der Waals surface area contributed by atoms with E-state index in [9.17, 15) is 41.0 Å². The van der Waals surface area contributed by atoms with Crippen LogP contribution in [0.15, 0.2) is 72.8 Å². The van der Waals surface area contributed by atoms with Gasteiger partial charge in [0, 0.05) is 33.0 Å². The molecule has 1 N–H and O–H groups in total. The first kappa shape index (κ1) is 32.5. The van der Waals surface area contributed by atoms with Crippen LogP contribution in [0.4, 0.5) is 31.1 Å². The van der Waals surface area contributed by atoms with Crippen molar-refractivity contribution in [3.63, 3.8) is 0 Å². The second-order valence-electron chi connectivity index (χ2n) is 10.8. The predicted molar refractivity (Wildman–Crippen MR) is 147 cm³/mol. The number of halogens is 6. The molecule has 13 heteroatoms. The Hall–Kier alpha value is -4.42. The molecule has 236 valence electrons. The summed E-state index contributed by atoms with van der Waals surface area (Å²) in [5.74, 6) is -0.214. The van der Waals surface area contributed by atoms with E-state index in [1.54, 1.807) is 54.6 Å². The van der Waals surface area contributed by atoms with Crippen molar-refractivity contribution in [1.29, 1.82) is 0 Å². The molecule has 3 aromatic carbocycles. The fraction of sp³-hybridized carbons (Fsp3) is 0.355. The van der Waals surface area contributed by atoms with Crippen molar-refractivity contribution in [3.8, 4) is 11.5 Å². The highest BCUT2D eigenvalue weighted by Gasteiger charge is 2.39. The van der Waals surface area contributed by atoms with Gasteiger partial charge in [-0.1, -0.05) is 30.3 Å². The Bertz CT molecular complexity index is 1430. The van der Waals surface area contributed by atoms with Gasteiger partial charge in [0.2, 0.25) is 5.60 Å². The number of hydrogen-bond acceptors (Lipinski definition) is 4. The third-order valence-electron chi connectivity index (χ3n) is 7.30. The van der Waals surface area contributed by atoms with Gasteiger partial charge in [-0.2, -0.15) is 26.3 Å². The van der Waals surface area contributed by atoms with Crippen LogP contribution in [0.5, 0.6) is 11.5 Å². The number of para-hydroxylation sites is 1. The van der Waals surface area contributed by atoms with Crippen molar-refractivity contribution in [1.82, 2.24) is 9.80 Å². The molecule has 4 rings (SSSR count). The van der Waals surface area contributed by atoms with E-state index in [0.717, 1.165) is 0 Å². The number of hydrogen-bond donors (Lipinski definition) is 1. The molecule has 0 aromatic heterocycles. The van der Waals surface area contributed by atoms with E-state index in [4.69, 9.17) is 9.47 Å². The number of carbonyl (C=O) groups is 2. The molecule has 1 heterocycles. The summed E-state index contributed by atoms with van der Waals surface area (Å²) in [5.41, 5.74) is -3.97. The monoisotopic (exact) mass is 624 g/mol. The Morgan fingerprint density at radius 1 is 0.886 bits per heavy atom. The second-order valence-corrected chi connectivity index (χ2v) is 10.8. The number of carboxylic acids is 1. The molecular weight excluding hydrogens is 594 g/mol. The highest BCUT2D eigenvalue weighted by molar-refractivity contribution is 5.78. The highest BCUT2D eigenvalue weighted by atomic mass is 19.4. The predicted octanol–water partition coefficient (Wildman–Crippen LogP) is 6.89. The smallest absolute Gasteiger partial charge is 0.416 e. The summed E-state index contributed by atoms with van der Waals surface area (Å²) < 4.78 is 91.0. The summed E-state index contributed by atoms with van der Waals surface area (Å²) in [7, 11) is 1.51. The SMILES string of the molecule is CN1C(=O)N(Cc2cc(C(F)(F)F)cc(C(F)(F)F)c2)CC1CCOc1ccc(CC(C)(Oc2ccccc2)C(=O)O)cc1. The van der Waals surface area contributed by atoms with Gasteiger partial charge in [0.05, 0.1) is 23.8 Å². The number of benzene rings is 3. The first-order valence-electron chi connectivity index (χ1n) is 13.5. The van der Waals surface area contributed by atoms with Crippen LogP contribution < -0.4 is 9.47 Å². The lowest BCUT2D eigenvalue weighted by Crippen LogP contribution is -2.43. The molecule has 1 saturated heterocycles. The van der Waals surface area contributed by atoms with Crippen LogP contribution in [0.1, 0.15) is 35.6 Å². The number of carboxylic acid groups (broad SMARTS) is 1. The zero-order chi connectivity index (χ0) is 32.3. The minimum atomic E-state index is -4.98. The molecule has 2 amide bonds. The van der Waals surface area contributed by atoms with Gasteiger partial charge in [0.15, 0.2) is 0 Å². The van der Waals surface area contributed by atoms with Crippen LogP contribution in [-0.4, -0.2) is 58.7 Å². The summed E-state index contributed by atoms with van der Waals surface area (Å²) in [6.07, 6.45) is -9.53. The van der Waals surface area contributed by atoms with Crippen molar-refractivity contribution in [2.75, 3.05) is 20.2 Å². The Morgan fingerprint density at radius 2 is 1.48 bits per heavy atom. The fourth-order valence-corrected chi connectivity index (χ4v) is 4.89. The van der Waals surface area contributed by atoms with Gasteiger partial charge >= 0.3 is 24.4 Å². The molecule has 7 nitrogen and oxygen atoms in total. The lowest BCUT2D eigenvalue weighted by atomic mass is 9.96. The standard InChI is InChI=1S/C31H30F6N2O5/c1-29(27(40)41,44-26-6-4-3-5-7-26)17-20-8-10-25(11-9-20)43-13-12-24-19-39(28(42)38(24)2)18-21-14-22(30(32,33)34)16-23(15-21)31(35,36)37/h3-11,14-16,24H,12-13,17-19H2,1-2H3,(H,40,41). The average molecular weight is 625 g/mol. The molecule has 0 spiro atoms. The van der Waals surface area contributed by atoms with Gasteiger partial charge in [0.25, 0.3) is 0 Å². The molecule has 2 unspecified atom stereocenters. The van der Waals surface area contributed by atoms with Crippen LogP contribution in [0.25, 0.3) is 0 Å².